The summed E-state index contributed by atoms with van der Waals surface area (Å²) in [7, 11) is 1.65. The van der Waals surface area contributed by atoms with Crippen LogP contribution >= 0.6 is 11.6 Å². The van der Waals surface area contributed by atoms with E-state index in [2.05, 4.69) is 10.3 Å². The summed E-state index contributed by atoms with van der Waals surface area (Å²) in [6, 6.07) is 21.3. The molecule has 3 aromatic rings. The van der Waals surface area contributed by atoms with Crippen LogP contribution in [0.3, 0.4) is 0 Å². The van der Waals surface area contributed by atoms with E-state index in [1.165, 1.54) is 0 Å². The lowest BCUT2D eigenvalue weighted by Crippen LogP contribution is -1.94. The average Bonchev–Trinajstić information content (AvgIpc) is 2.56. The molecule has 0 saturated carbocycles. The fourth-order valence-electron chi connectivity index (χ4n) is 2.11. The molecular formula is C18H15ClN2O. The number of hydrogen-bond acceptors (Lipinski definition) is 3. The topological polar surface area (TPSA) is 34.1 Å². The Labute approximate surface area is 134 Å². The van der Waals surface area contributed by atoms with Crippen molar-refractivity contribution in [3.05, 3.63) is 71.8 Å². The minimum absolute atomic E-state index is 0.719. The van der Waals surface area contributed by atoms with E-state index in [9.17, 15) is 0 Å². The van der Waals surface area contributed by atoms with Crippen molar-refractivity contribution >= 4 is 23.1 Å². The van der Waals surface area contributed by atoms with Crippen molar-refractivity contribution in [1.29, 1.82) is 0 Å². The van der Waals surface area contributed by atoms with Crippen LogP contribution in [0.15, 0.2) is 66.7 Å². The predicted molar refractivity (Wildman–Crippen MR) is 91.0 cm³/mol. The number of pyridine rings is 1. The van der Waals surface area contributed by atoms with Crippen molar-refractivity contribution in [2.45, 2.75) is 0 Å². The van der Waals surface area contributed by atoms with Crippen LogP contribution in [0.5, 0.6) is 5.75 Å². The van der Waals surface area contributed by atoms with Crippen LogP contribution in [0.4, 0.5) is 11.5 Å². The third kappa shape index (κ3) is 3.38. The lowest BCUT2D eigenvalue weighted by atomic mass is 10.1. The third-order valence-corrected chi connectivity index (χ3v) is 3.50. The van der Waals surface area contributed by atoms with E-state index < -0.39 is 0 Å². The molecule has 2 aromatic carbocycles. The normalized spacial score (nSPS) is 10.3. The van der Waals surface area contributed by atoms with E-state index >= 15 is 0 Å². The molecule has 0 saturated heterocycles. The maximum atomic E-state index is 5.92. The van der Waals surface area contributed by atoms with Gasteiger partial charge in [0.15, 0.2) is 0 Å². The van der Waals surface area contributed by atoms with Gasteiger partial charge >= 0.3 is 0 Å². The van der Waals surface area contributed by atoms with Crippen LogP contribution < -0.4 is 10.1 Å². The molecule has 22 heavy (non-hydrogen) atoms. The van der Waals surface area contributed by atoms with Gasteiger partial charge in [-0.3, -0.25) is 0 Å². The molecule has 3 rings (SSSR count). The lowest BCUT2D eigenvalue weighted by molar-refractivity contribution is 0.415. The van der Waals surface area contributed by atoms with Crippen LogP contribution in [0.25, 0.3) is 11.3 Å². The number of aromatic nitrogens is 1. The zero-order valence-electron chi connectivity index (χ0n) is 12.1. The van der Waals surface area contributed by atoms with E-state index in [4.69, 9.17) is 16.3 Å². The highest BCUT2D eigenvalue weighted by Gasteiger charge is 2.02. The molecule has 4 heteroatoms. The van der Waals surface area contributed by atoms with Gasteiger partial charge in [-0.2, -0.15) is 0 Å². The molecule has 0 spiro atoms. The van der Waals surface area contributed by atoms with Crippen molar-refractivity contribution < 1.29 is 4.74 Å². The molecule has 0 fully saturated rings. The van der Waals surface area contributed by atoms with E-state index in [0.29, 0.717) is 0 Å². The number of halogens is 1. The van der Waals surface area contributed by atoms with Gasteiger partial charge in [0.2, 0.25) is 0 Å². The summed E-state index contributed by atoms with van der Waals surface area (Å²) in [5.41, 5.74) is 2.89. The molecule has 1 aromatic heterocycles. The number of hydrogen-bond donors (Lipinski definition) is 1. The van der Waals surface area contributed by atoms with E-state index in [-0.39, 0.29) is 0 Å². The van der Waals surface area contributed by atoms with E-state index in [1.54, 1.807) is 7.11 Å². The summed E-state index contributed by atoms with van der Waals surface area (Å²) in [5, 5.41) is 4.00. The van der Waals surface area contributed by atoms with Gasteiger partial charge in [-0.25, -0.2) is 4.98 Å². The van der Waals surface area contributed by atoms with E-state index in [1.807, 2.05) is 66.7 Å². The minimum atomic E-state index is 0.719. The smallest absolute Gasteiger partial charge is 0.131 e. The molecule has 0 aliphatic carbocycles. The molecular weight excluding hydrogens is 296 g/mol. The van der Waals surface area contributed by atoms with Gasteiger partial charge in [-0.1, -0.05) is 29.8 Å². The fourth-order valence-corrected chi connectivity index (χ4v) is 2.23. The SMILES string of the molecule is COc1ccc(Nc2cccc(-c3ccc(Cl)cc3)n2)cc1. The van der Waals surface area contributed by atoms with Gasteiger partial charge in [0.25, 0.3) is 0 Å². The van der Waals surface area contributed by atoms with Gasteiger partial charge < -0.3 is 10.1 Å². The summed E-state index contributed by atoms with van der Waals surface area (Å²) in [6.45, 7) is 0. The molecule has 1 heterocycles. The van der Waals surface area contributed by atoms with Crippen molar-refractivity contribution in [1.82, 2.24) is 4.98 Å². The summed E-state index contributed by atoms with van der Waals surface area (Å²) in [5.74, 6) is 1.62. The minimum Gasteiger partial charge on any atom is -0.497 e. The summed E-state index contributed by atoms with van der Waals surface area (Å²) < 4.78 is 5.15. The Bertz CT molecular complexity index is 755. The summed E-state index contributed by atoms with van der Waals surface area (Å²) in [6.07, 6.45) is 0. The van der Waals surface area contributed by atoms with Crippen LogP contribution in [-0.4, -0.2) is 12.1 Å². The average molecular weight is 311 g/mol. The monoisotopic (exact) mass is 310 g/mol. The second-order valence-electron chi connectivity index (χ2n) is 4.77. The Balaban J connectivity index is 1.82. The fraction of sp³-hybridized carbons (Fsp3) is 0.0556. The highest BCUT2D eigenvalue weighted by molar-refractivity contribution is 6.30. The van der Waals surface area contributed by atoms with Crippen LogP contribution in [0, 0.1) is 0 Å². The number of benzene rings is 2. The Morgan fingerprint density at radius 2 is 1.64 bits per heavy atom. The first kappa shape index (κ1) is 14.4. The van der Waals surface area contributed by atoms with Crippen molar-refractivity contribution in [3.63, 3.8) is 0 Å². The largest absolute Gasteiger partial charge is 0.497 e. The van der Waals surface area contributed by atoms with E-state index in [0.717, 1.165) is 33.5 Å². The number of anilines is 2. The molecule has 0 aliphatic rings. The number of methoxy groups -OCH3 is 1. The molecule has 0 amide bonds. The summed E-state index contributed by atoms with van der Waals surface area (Å²) in [4.78, 5) is 4.63. The standard InChI is InChI=1S/C18H15ClN2O/c1-22-16-11-9-15(10-12-16)20-18-4-2-3-17(21-18)13-5-7-14(19)8-6-13/h2-12H,1H3,(H,20,21). The number of ether oxygens (including phenoxy) is 1. The van der Waals surface area contributed by atoms with Crippen LogP contribution in [-0.2, 0) is 0 Å². The van der Waals surface area contributed by atoms with Crippen LogP contribution in [0.2, 0.25) is 5.02 Å². The molecule has 110 valence electrons. The molecule has 3 nitrogen and oxygen atoms in total. The first-order valence-electron chi connectivity index (χ1n) is 6.89. The molecule has 0 unspecified atom stereocenters. The number of nitrogens with one attached hydrogen (secondary N) is 1. The molecule has 0 bridgehead atoms. The first-order valence-corrected chi connectivity index (χ1v) is 7.26. The molecule has 0 aliphatic heterocycles. The van der Waals surface area contributed by atoms with Gasteiger partial charge in [0.1, 0.15) is 11.6 Å². The van der Waals surface area contributed by atoms with Gasteiger partial charge in [0, 0.05) is 16.3 Å². The van der Waals surface area contributed by atoms with Crippen molar-refractivity contribution in [3.8, 4) is 17.0 Å². The highest BCUT2D eigenvalue weighted by Crippen LogP contribution is 2.23. The zero-order chi connectivity index (χ0) is 15.4. The quantitative estimate of drug-likeness (QED) is 0.723. The predicted octanol–water partition coefficient (Wildman–Crippen LogP) is 5.15. The first-order chi connectivity index (χ1) is 10.7. The number of rotatable bonds is 4. The molecule has 0 atom stereocenters. The lowest BCUT2D eigenvalue weighted by Gasteiger charge is -2.08. The Kier molecular flexibility index (Phi) is 4.26. The van der Waals surface area contributed by atoms with Gasteiger partial charge in [0.05, 0.1) is 12.8 Å². The van der Waals surface area contributed by atoms with Crippen LogP contribution in [0.1, 0.15) is 0 Å². The summed E-state index contributed by atoms with van der Waals surface area (Å²) >= 11 is 5.92. The van der Waals surface area contributed by atoms with Crippen molar-refractivity contribution in [2.75, 3.05) is 12.4 Å². The zero-order valence-corrected chi connectivity index (χ0v) is 12.8. The Morgan fingerprint density at radius 3 is 2.32 bits per heavy atom. The highest BCUT2D eigenvalue weighted by atomic mass is 35.5. The molecule has 1 N–H and O–H groups in total. The Hall–Kier alpha value is -2.52. The maximum absolute atomic E-state index is 5.92. The Morgan fingerprint density at radius 1 is 0.909 bits per heavy atom. The molecule has 0 radical (unpaired) electrons. The van der Waals surface area contributed by atoms with Gasteiger partial charge in [-0.15, -0.1) is 0 Å². The maximum Gasteiger partial charge on any atom is 0.131 e. The van der Waals surface area contributed by atoms with Gasteiger partial charge in [-0.05, 0) is 48.5 Å². The number of nitrogens with zero attached hydrogens (tertiary/aromatic N) is 1. The second-order valence-corrected chi connectivity index (χ2v) is 5.20. The van der Waals surface area contributed by atoms with Crippen molar-refractivity contribution in [2.24, 2.45) is 0 Å². The second kappa shape index (κ2) is 6.50. The third-order valence-electron chi connectivity index (χ3n) is 3.25.